The van der Waals surface area contributed by atoms with Crippen molar-refractivity contribution in [3.05, 3.63) is 34.3 Å². The van der Waals surface area contributed by atoms with Crippen LogP contribution in [0.4, 0.5) is 0 Å². The van der Waals surface area contributed by atoms with Crippen molar-refractivity contribution in [1.29, 1.82) is 5.26 Å². The van der Waals surface area contributed by atoms with Crippen molar-refractivity contribution < 1.29 is 0 Å². The van der Waals surface area contributed by atoms with E-state index in [-0.39, 0.29) is 12.1 Å². The number of hydrogen-bond acceptors (Lipinski definition) is 3. The molecule has 0 amide bonds. The third-order valence-electron chi connectivity index (χ3n) is 1.67. The molecule has 0 aliphatic heterocycles. The lowest BCUT2D eigenvalue weighted by Gasteiger charge is -2.07. The molecule has 0 bridgehead atoms. The molecule has 4 heteroatoms. The van der Waals surface area contributed by atoms with Crippen LogP contribution in [0.3, 0.4) is 0 Å². The van der Waals surface area contributed by atoms with E-state index in [1.807, 2.05) is 24.3 Å². The van der Waals surface area contributed by atoms with Crippen LogP contribution in [0.1, 0.15) is 11.5 Å². The molecule has 70 valence electrons. The second kappa shape index (κ2) is 5.70. The molecule has 1 unspecified atom stereocenters. The number of benzene rings is 1. The van der Waals surface area contributed by atoms with Gasteiger partial charge in [0.05, 0.1) is 12.0 Å². The molecule has 0 radical (unpaired) electrons. The third kappa shape index (κ3) is 2.81. The van der Waals surface area contributed by atoms with Gasteiger partial charge in [-0.25, -0.2) is 0 Å². The third-order valence-corrected chi connectivity index (χ3v) is 2.39. The molecule has 1 aromatic rings. The van der Waals surface area contributed by atoms with Gasteiger partial charge in [-0.1, -0.05) is 34.1 Å². The van der Waals surface area contributed by atoms with Crippen LogP contribution in [-0.4, -0.2) is 6.54 Å². The lowest BCUT2D eigenvalue weighted by Crippen LogP contribution is -2.10. The highest BCUT2D eigenvalue weighted by molar-refractivity contribution is 9.10. The Balaban J connectivity index is 0.00000144. The molecule has 0 heterocycles. The maximum atomic E-state index is 8.75. The first-order valence-electron chi connectivity index (χ1n) is 3.63. The molecule has 0 spiro atoms. The van der Waals surface area contributed by atoms with Crippen molar-refractivity contribution in [2.45, 2.75) is 5.92 Å². The minimum atomic E-state index is -0.208. The van der Waals surface area contributed by atoms with Gasteiger partial charge in [-0.05, 0) is 11.6 Å². The smallest absolute Gasteiger partial charge is 0.0845 e. The lowest BCUT2D eigenvalue weighted by atomic mass is 10.0. The van der Waals surface area contributed by atoms with E-state index in [1.165, 1.54) is 0 Å². The zero-order chi connectivity index (χ0) is 8.97. The lowest BCUT2D eigenvalue weighted by molar-refractivity contribution is 0.858. The molecule has 0 saturated carbocycles. The topological polar surface area (TPSA) is 84.8 Å². The van der Waals surface area contributed by atoms with E-state index in [0.29, 0.717) is 6.54 Å². The maximum absolute atomic E-state index is 8.75. The van der Waals surface area contributed by atoms with Gasteiger partial charge in [0.15, 0.2) is 0 Å². The number of hydrogen-bond donors (Lipinski definition) is 2. The standard InChI is InChI=1S/C9H9BrN2.H3N/c10-9-4-2-1-3-8(9)7(5-11)6-12;/h1-4,7H,5,11H2;1H3. The Kier molecular flexibility index (Phi) is 5.31. The van der Waals surface area contributed by atoms with Crippen molar-refractivity contribution in [3.63, 3.8) is 0 Å². The normalized spacial score (nSPS) is 11.2. The predicted molar refractivity (Wildman–Crippen MR) is 56.6 cm³/mol. The quantitative estimate of drug-likeness (QED) is 0.833. The molecule has 0 saturated heterocycles. The van der Waals surface area contributed by atoms with Crippen LogP contribution >= 0.6 is 15.9 Å². The zero-order valence-electron chi connectivity index (χ0n) is 7.20. The van der Waals surface area contributed by atoms with E-state index in [4.69, 9.17) is 11.0 Å². The molecule has 0 fully saturated rings. The van der Waals surface area contributed by atoms with E-state index in [2.05, 4.69) is 22.0 Å². The second-order valence-electron chi connectivity index (χ2n) is 2.44. The summed E-state index contributed by atoms with van der Waals surface area (Å²) in [6.07, 6.45) is 0. The molecule has 0 aliphatic carbocycles. The van der Waals surface area contributed by atoms with Gasteiger partial charge in [-0.2, -0.15) is 5.26 Å². The SMILES string of the molecule is N.N#CC(CN)c1ccccc1Br. The van der Waals surface area contributed by atoms with Crippen LogP contribution in [-0.2, 0) is 0 Å². The fraction of sp³-hybridized carbons (Fsp3) is 0.222. The van der Waals surface area contributed by atoms with Crippen LogP contribution in [0.15, 0.2) is 28.7 Å². The summed E-state index contributed by atoms with van der Waals surface area (Å²) >= 11 is 3.37. The first-order valence-corrected chi connectivity index (χ1v) is 4.43. The van der Waals surface area contributed by atoms with Gasteiger partial charge in [-0.3, -0.25) is 0 Å². The van der Waals surface area contributed by atoms with Crippen molar-refractivity contribution in [2.75, 3.05) is 6.54 Å². The van der Waals surface area contributed by atoms with E-state index >= 15 is 0 Å². The summed E-state index contributed by atoms with van der Waals surface area (Å²) in [7, 11) is 0. The maximum Gasteiger partial charge on any atom is 0.0845 e. The van der Waals surface area contributed by atoms with Crippen molar-refractivity contribution in [2.24, 2.45) is 5.73 Å². The van der Waals surface area contributed by atoms with Crippen LogP contribution in [0.2, 0.25) is 0 Å². The highest BCUT2D eigenvalue weighted by atomic mass is 79.9. The Morgan fingerprint density at radius 1 is 1.46 bits per heavy atom. The largest absolute Gasteiger partial charge is 0.344 e. The summed E-state index contributed by atoms with van der Waals surface area (Å²) in [5, 5.41) is 8.75. The minimum absolute atomic E-state index is 0. The summed E-state index contributed by atoms with van der Waals surface area (Å²) in [5.74, 6) is -0.208. The van der Waals surface area contributed by atoms with E-state index < -0.39 is 0 Å². The molecule has 5 N–H and O–H groups in total. The first kappa shape index (κ1) is 12.1. The fourth-order valence-corrected chi connectivity index (χ4v) is 1.57. The predicted octanol–water partition coefficient (Wildman–Crippen LogP) is 2.18. The number of halogens is 1. The highest BCUT2D eigenvalue weighted by Gasteiger charge is 2.10. The number of nitrogens with two attached hydrogens (primary N) is 1. The molecule has 1 aromatic carbocycles. The number of nitriles is 1. The van der Waals surface area contributed by atoms with E-state index in [9.17, 15) is 0 Å². The van der Waals surface area contributed by atoms with Crippen molar-refractivity contribution in [3.8, 4) is 6.07 Å². The summed E-state index contributed by atoms with van der Waals surface area (Å²) in [5.41, 5.74) is 6.40. The summed E-state index contributed by atoms with van der Waals surface area (Å²) in [4.78, 5) is 0. The monoisotopic (exact) mass is 241 g/mol. The van der Waals surface area contributed by atoms with Crippen LogP contribution in [0.25, 0.3) is 0 Å². The van der Waals surface area contributed by atoms with Gasteiger partial charge in [0.2, 0.25) is 0 Å². The number of rotatable bonds is 2. The summed E-state index contributed by atoms with van der Waals surface area (Å²) in [6.45, 7) is 0.360. The molecular formula is C9H12BrN3. The van der Waals surface area contributed by atoms with Gasteiger partial charge in [0.1, 0.15) is 0 Å². The molecule has 1 rings (SSSR count). The van der Waals surface area contributed by atoms with Crippen LogP contribution in [0, 0.1) is 11.3 Å². The van der Waals surface area contributed by atoms with Gasteiger partial charge in [0, 0.05) is 11.0 Å². The first-order chi connectivity index (χ1) is 5.79. The molecule has 13 heavy (non-hydrogen) atoms. The van der Waals surface area contributed by atoms with Gasteiger partial charge in [0.25, 0.3) is 0 Å². The Morgan fingerprint density at radius 3 is 2.54 bits per heavy atom. The molecule has 1 atom stereocenters. The zero-order valence-corrected chi connectivity index (χ0v) is 8.79. The summed E-state index contributed by atoms with van der Waals surface area (Å²) < 4.78 is 0.946. The fourth-order valence-electron chi connectivity index (χ4n) is 1.01. The van der Waals surface area contributed by atoms with Crippen molar-refractivity contribution >= 4 is 15.9 Å². The molecule has 0 aliphatic rings. The van der Waals surface area contributed by atoms with E-state index in [1.54, 1.807) is 0 Å². The number of nitrogens with zero attached hydrogens (tertiary/aromatic N) is 1. The molecule has 3 nitrogen and oxygen atoms in total. The second-order valence-corrected chi connectivity index (χ2v) is 3.29. The minimum Gasteiger partial charge on any atom is -0.344 e. The Morgan fingerprint density at radius 2 is 2.08 bits per heavy atom. The van der Waals surface area contributed by atoms with Crippen LogP contribution < -0.4 is 11.9 Å². The van der Waals surface area contributed by atoms with Crippen LogP contribution in [0.5, 0.6) is 0 Å². The highest BCUT2D eigenvalue weighted by Crippen LogP contribution is 2.23. The average molecular weight is 242 g/mol. The summed E-state index contributed by atoms with van der Waals surface area (Å²) in [6, 6.07) is 9.79. The van der Waals surface area contributed by atoms with Gasteiger partial charge >= 0.3 is 0 Å². The van der Waals surface area contributed by atoms with Gasteiger partial charge in [-0.15, -0.1) is 0 Å². The Hall–Kier alpha value is -0.890. The molecule has 0 aromatic heterocycles. The average Bonchev–Trinajstić information content (AvgIpc) is 2.10. The molecular weight excluding hydrogens is 230 g/mol. The van der Waals surface area contributed by atoms with E-state index in [0.717, 1.165) is 10.0 Å². The van der Waals surface area contributed by atoms with Crippen molar-refractivity contribution in [1.82, 2.24) is 6.15 Å². The Labute approximate surface area is 86.3 Å². The van der Waals surface area contributed by atoms with Gasteiger partial charge < -0.3 is 11.9 Å². The Bertz CT molecular complexity index is 306.